The second kappa shape index (κ2) is 8.52. The van der Waals surface area contributed by atoms with Gasteiger partial charge in [0.25, 0.3) is 5.91 Å². The summed E-state index contributed by atoms with van der Waals surface area (Å²) in [6, 6.07) is 17.7. The summed E-state index contributed by atoms with van der Waals surface area (Å²) in [5, 5.41) is 5.61. The SMILES string of the molecule is Cc1cccc(C(=O)NCC(=O)NCC2CCN(c3ccccc3)C2)c1. The van der Waals surface area contributed by atoms with Crippen molar-refractivity contribution in [3.8, 4) is 0 Å². The molecule has 1 fully saturated rings. The standard InChI is InChI=1S/C21H25N3O2/c1-16-6-5-7-18(12-16)21(26)23-14-20(25)22-13-17-10-11-24(15-17)19-8-3-2-4-9-19/h2-9,12,17H,10-11,13-15H2,1H3,(H,22,25)(H,23,26). The fraction of sp³-hybridized carbons (Fsp3) is 0.333. The molecule has 0 bridgehead atoms. The van der Waals surface area contributed by atoms with Crippen LogP contribution in [0.4, 0.5) is 5.69 Å². The molecule has 0 aromatic heterocycles. The lowest BCUT2D eigenvalue weighted by Gasteiger charge is -2.18. The summed E-state index contributed by atoms with van der Waals surface area (Å²) in [7, 11) is 0. The normalized spacial score (nSPS) is 16.3. The van der Waals surface area contributed by atoms with Crippen LogP contribution in [0.15, 0.2) is 54.6 Å². The molecule has 3 rings (SSSR count). The van der Waals surface area contributed by atoms with Crippen molar-refractivity contribution in [1.82, 2.24) is 10.6 Å². The van der Waals surface area contributed by atoms with Crippen molar-refractivity contribution >= 4 is 17.5 Å². The van der Waals surface area contributed by atoms with Crippen LogP contribution in [0.25, 0.3) is 0 Å². The molecular formula is C21H25N3O2. The molecule has 5 heteroatoms. The van der Waals surface area contributed by atoms with E-state index in [0.717, 1.165) is 25.1 Å². The van der Waals surface area contributed by atoms with E-state index in [4.69, 9.17) is 0 Å². The molecule has 1 saturated heterocycles. The van der Waals surface area contributed by atoms with Gasteiger partial charge < -0.3 is 15.5 Å². The van der Waals surface area contributed by atoms with Gasteiger partial charge in [0.2, 0.25) is 5.91 Å². The highest BCUT2D eigenvalue weighted by Gasteiger charge is 2.23. The first-order valence-corrected chi connectivity index (χ1v) is 9.03. The highest BCUT2D eigenvalue weighted by Crippen LogP contribution is 2.22. The molecule has 5 nitrogen and oxygen atoms in total. The molecule has 0 radical (unpaired) electrons. The number of carbonyl (C=O) groups is 2. The van der Waals surface area contributed by atoms with Crippen LogP contribution in [0.1, 0.15) is 22.3 Å². The van der Waals surface area contributed by atoms with Crippen molar-refractivity contribution in [2.45, 2.75) is 13.3 Å². The minimum Gasteiger partial charge on any atom is -0.371 e. The van der Waals surface area contributed by atoms with Gasteiger partial charge in [0.15, 0.2) is 0 Å². The first-order valence-electron chi connectivity index (χ1n) is 9.03. The fourth-order valence-corrected chi connectivity index (χ4v) is 3.24. The zero-order chi connectivity index (χ0) is 18.4. The van der Waals surface area contributed by atoms with Crippen LogP contribution in [0, 0.1) is 12.8 Å². The predicted octanol–water partition coefficient (Wildman–Crippen LogP) is 2.37. The molecule has 2 aromatic carbocycles. The van der Waals surface area contributed by atoms with Crippen LogP contribution in [-0.2, 0) is 4.79 Å². The van der Waals surface area contributed by atoms with Crippen LogP contribution in [0.2, 0.25) is 0 Å². The first-order chi connectivity index (χ1) is 12.6. The van der Waals surface area contributed by atoms with E-state index in [1.54, 1.807) is 6.07 Å². The maximum Gasteiger partial charge on any atom is 0.251 e. The second-order valence-corrected chi connectivity index (χ2v) is 6.79. The molecule has 0 aliphatic carbocycles. The summed E-state index contributed by atoms with van der Waals surface area (Å²) in [6.07, 6.45) is 1.06. The molecule has 0 spiro atoms. The van der Waals surface area contributed by atoms with E-state index in [1.165, 1.54) is 5.69 Å². The Morgan fingerprint density at radius 2 is 1.88 bits per heavy atom. The molecule has 136 valence electrons. The van der Waals surface area contributed by atoms with Gasteiger partial charge in [0.1, 0.15) is 0 Å². The third-order valence-electron chi connectivity index (χ3n) is 4.68. The number of carbonyl (C=O) groups excluding carboxylic acids is 2. The third-order valence-corrected chi connectivity index (χ3v) is 4.68. The summed E-state index contributed by atoms with van der Waals surface area (Å²) >= 11 is 0. The number of rotatable bonds is 6. The molecule has 2 N–H and O–H groups in total. The molecule has 1 aliphatic rings. The summed E-state index contributed by atoms with van der Waals surface area (Å²) in [5.41, 5.74) is 2.82. The highest BCUT2D eigenvalue weighted by atomic mass is 16.2. The van der Waals surface area contributed by atoms with E-state index in [1.807, 2.05) is 43.3 Å². The number of amides is 2. The Morgan fingerprint density at radius 3 is 2.65 bits per heavy atom. The quantitative estimate of drug-likeness (QED) is 0.840. The van der Waals surface area contributed by atoms with Crippen molar-refractivity contribution in [2.24, 2.45) is 5.92 Å². The lowest BCUT2D eigenvalue weighted by atomic mass is 10.1. The first kappa shape index (κ1) is 18.0. The maximum atomic E-state index is 12.1. The third kappa shape index (κ3) is 4.85. The van der Waals surface area contributed by atoms with Gasteiger partial charge in [-0.1, -0.05) is 35.9 Å². The molecule has 26 heavy (non-hydrogen) atoms. The number of hydrogen-bond donors (Lipinski definition) is 2. The Bertz CT molecular complexity index is 761. The Hall–Kier alpha value is -2.82. The monoisotopic (exact) mass is 351 g/mol. The molecule has 2 amide bonds. The summed E-state index contributed by atoms with van der Waals surface area (Å²) in [6.45, 7) is 4.53. The smallest absolute Gasteiger partial charge is 0.251 e. The Morgan fingerprint density at radius 1 is 1.08 bits per heavy atom. The van der Waals surface area contributed by atoms with Crippen molar-refractivity contribution in [3.63, 3.8) is 0 Å². The van der Waals surface area contributed by atoms with Crippen LogP contribution in [0.3, 0.4) is 0 Å². The van der Waals surface area contributed by atoms with E-state index in [2.05, 4.69) is 27.7 Å². The van der Waals surface area contributed by atoms with Gasteiger partial charge in [-0.05, 0) is 43.5 Å². The molecule has 1 atom stereocenters. The predicted molar refractivity (Wildman–Crippen MR) is 103 cm³/mol. The van der Waals surface area contributed by atoms with Crippen LogP contribution < -0.4 is 15.5 Å². The zero-order valence-electron chi connectivity index (χ0n) is 15.1. The Kier molecular flexibility index (Phi) is 5.89. The summed E-state index contributed by atoms with van der Waals surface area (Å²) < 4.78 is 0. The molecule has 1 unspecified atom stereocenters. The minimum absolute atomic E-state index is 0.00188. The van der Waals surface area contributed by atoms with Gasteiger partial charge in [0, 0.05) is 30.9 Å². The zero-order valence-corrected chi connectivity index (χ0v) is 15.1. The molecule has 2 aromatic rings. The number of hydrogen-bond acceptors (Lipinski definition) is 3. The van der Waals surface area contributed by atoms with Crippen molar-refractivity contribution in [2.75, 3.05) is 31.1 Å². The van der Waals surface area contributed by atoms with Crippen molar-refractivity contribution < 1.29 is 9.59 Å². The average Bonchev–Trinajstić information content (AvgIpc) is 3.14. The van der Waals surface area contributed by atoms with E-state index >= 15 is 0 Å². The van der Waals surface area contributed by atoms with Gasteiger partial charge in [-0.3, -0.25) is 9.59 Å². The van der Waals surface area contributed by atoms with Crippen LogP contribution in [0.5, 0.6) is 0 Å². The second-order valence-electron chi connectivity index (χ2n) is 6.79. The molecule has 0 saturated carbocycles. The Labute approximate surface area is 154 Å². The molecule has 1 aliphatic heterocycles. The minimum atomic E-state index is -0.222. The van der Waals surface area contributed by atoms with Gasteiger partial charge in [-0.15, -0.1) is 0 Å². The largest absolute Gasteiger partial charge is 0.371 e. The van der Waals surface area contributed by atoms with Crippen molar-refractivity contribution in [1.29, 1.82) is 0 Å². The number of nitrogens with zero attached hydrogens (tertiary/aromatic N) is 1. The van der Waals surface area contributed by atoms with Crippen molar-refractivity contribution in [3.05, 3.63) is 65.7 Å². The maximum absolute atomic E-state index is 12.1. The van der Waals surface area contributed by atoms with Crippen LogP contribution in [-0.4, -0.2) is 38.0 Å². The number of benzene rings is 2. The van der Waals surface area contributed by atoms with Crippen LogP contribution >= 0.6 is 0 Å². The molecular weight excluding hydrogens is 326 g/mol. The van der Waals surface area contributed by atoms with E-state index < -0.39 is 0 Å². The van der Waals surface area contributed by atoms with Gasteiger partial charge in [-0.2, -0.15) is 0 Å². The topological polar surface area (TPSA) is 61.4 Å². The lowest BCUT2D eigenvalue weighted by Crippen LogP contribution is -2.39. The van der Waals surface area contributed by atoms with E-state index in [9.17, 15) is 9.59 Å². The number of nitrogens with one attached hydrogen (secondary N) is 2. The highest BCUT2D eigenvalue weighted by molar-refractivity contribution is 5.96. The number of anilines is 1. The molecule has 1 heterocycles. The summed E-state index contributed by atoms with van der Waals surface area (Å²) in [4.78, 5) is 26.4. The fourth-order valence-electron chi connectivity index (χ4n) is 3.24. The van der Waals surface area contributed by atoms with Gasteiger partial charge in [-0.25, -0.2) is 0 Å². The van der Waals surface area contributed by atoms with Gasteiger partial charge >= 0.3 is 0 Å². The Balaban J connectivity index is 1.39. The average molecular weight is 351 g/mol. The number of aryl methyl sites for hydroxylation is 1. The lowest BCUT2D eigenvalue weighted by molar-refractivity contribution is -0.120. The van der Waals surface area contributed by atoms with E-state index in [-0.39, 0.29) is 18.4 Å². The summed E-state index contributed by atoms with van der Waals surface area (Å²) in [5.74, 6) is 0.0655. The van der Waals surface area contributed by atoms with Gasteiger partial charge in [0.05, 0.1) is 6.54 Å². The number of para-hydroxylation sites is 1. The van der Waals surface area contributed by atoms with E-state index in [0.29, 0.717) is 18.0 Å².